The Morgan fingerprint density at radius 3 is 2.23 bits per heavy atom. The first kappa shape index (κ1) is 22.5. The second-order valence-corrected chi connectivity index (χ2v) is 8.90. The lowest BCUT2D eigenvalue weighted by molar-refractivity contribution is 0.367. The minimum absolute atomic E-state index is 0.128. The average Bonchev–Trinajstić information content (AvgIpc) is 3.42. The van der Waals surface area contributed by atoms with Crippen LogP contribution in [-0.4, -0.2) is 16.0 Å². The van der Waals surface area contributed by atoms with E-state index in [0.717, 1.165) is 24.8 Å². The summed E-state index contributed by atoms with van der Waals surface area (Å²) in [5.41, 5.74) is 7.52. The van der Waals surface area contributed by atoms with Gasteiger partial charge in [-0.2, -0.15) is 4.98 Å². The van der Waals surface area contributed by atoms with Crippen molar-refractivity contribution in [3.63, 3.8) is 0 Å². The molecule has 0 saturated heterocycles. The number of nitrogens with zero attached hydrogens (tertiary/aromatic N) is 2. The largest absolute Gasteiger partial charge is 0.387 e. The summed E-state index contributed by atoms with van der Waals surface area (Å²) in [6.07, 6.45) is 17.8. The van der Waals surface area contributed by atoms with E-state index in [2.05, 4.69) is 35.3 Å². The summed E-state index contributed by atoms with van der Waals surface area (Å²) >= 11 is 0. The molecule has 5 nitrogen and oxygen atoms in total. The molecule has 3 rings (SSSR count). The second-order valence-electron chi connectivity index (χ2n) is 8.90. The Balaban J connectivity index is 1.36. The first-order chi connectivity index (χ1) is 14.7. The van der Waals surface area contributed by atoms with Crippen molar-refractivity contribution in [3.05, 3.63) is 35.7 Å². The summed E-state index contributed by atoms with van der Waals surface area (Å²) in [5, 5.41) is 11.9. The van der Waals surface area contributed by atoms with Crippen molar-refractivity contribution in [2.75, 3.05) is 0 Å². The molecule has 0 bridgehead atoms. The van der Waals surface area contributed by atoms with E-state index in [0.29, 0.717) is 11.7 Å². The number of aromatic nitrogens is 2. The summed E-state index contributed by atoms with van der Waals surface area (Å²) in [6.45, 7) is 2.27. The number of hydrogen-bond acceptors (Lipinski definition) is 4. The Labute approximate surface area is 181 Å². The molecule has 1 aromatic carbocycles. The normalized spacial score (nSPS) is 14.7. The molecule has 2 aromatic rings. The lowest BCUT2D eigenvalue weighted by atomic mass is 10.0. The van der Waals surface area contributed by atoms with Gasteiger partial charge in [0.2, 0.25) is 11.7 Å². The first-order valence-corrected chi connectivity index (χ1v) is 11.9. The highest BCUT2D eigenvalue weighted by molar-refractivity contribution is 5.91. The van der Waals surface area contributed by atoms with Crippen molar-refractivity contribution in [1.82, 2.24) is 10.1 Å². The number of unbranched alkanes of at least 4 members (excludes halogenated alkanes) is 10. The molecule has 1 aromatic heterocycles. The molecule has 1 aliphatic rings. The number of rotatable bonds is 15. The zero-order valence-electron chi connectivity index (χ0n) is 18.6. The van der Waals surface area contributed by atoms with Crippen LogP contribution in [0.5, 0.6) is 0 Å². The lowest BCUT2D eigenvalue weighted by Gasteiger charge is -2.06. The van der Waals surface area contributed by atoms with Crippen LogP contribution in [0.15, 0.2) is 28.8 Å². The van der Waals surface area contributed by atoms with Gasteiger partial charge in [-0.1, -0.05) is 94.5 Å². The van der Waals surface area contributed by atoms with Gasteiger partial charge in [-0.15, -0.1) is 0 Å². The molecule has 164 valence electrons. The molecule has 1 fully saturated rings. The highest BCUT2D eigenvalue weighted by Crippen LogP contribution is 2.47. The quantitative estimate of drug-likeness (QED) is 0.198. The Hall–Kier alpha value is -2.17. The van der Waals surface area contributed by atoms with Gasteiger partial charge in [-0.3, -0.25) is 5.41 Å². The summed E-state index contributed by atoms with van der Waals surface area (Å²) in [4.78, 5) is 4.54. The number of nitrogens with two attached hydrogens (primary N) is 1. The summed E-state index contributed by atoms with van der Waals surface area (Å²) in [6, 6.07) is 8.43. The van der Waals surface area contributed by atoms with Gasteiger partial charge in [-0.25, -0.2) is 0 Å². The van der Waals surface area contributed by atoms with Crippen LogP contribution in [0.4, 0.5) is 0 Å². The van der Waals surface area contributed by atoms with Gasteiger partial charge in [0.05, 0.1) is 0 Å². The predicted octanol–water partition coefficient (Wildman–Crippen LogP) is 6.56. The standard InChI is InChI=1S/C25H38N4O/c1-2-3-4-5-6-7-8-9-10-11-12-14-20-15-13-16-21(19-20)22-28-24(30-29-22)25(17-18-25)23(26)27/h13,15-16,19H,2-12,14,17-18H2,1H3,(H3,26,27). The molecule has 30 heavy (non-hydrogen) atoms. The fourth-order valence-corrected chi connectivity index (χ4v) is 4.12. The molecule has 0 atom stereocenters. The van der Waals surface area contributed by atoms with Crippen molar-refractivity contribution in [2.24, 2.45) is 5.73 Å². The van der Waals surface area contributed by atoms with E-state index in [9.17, 15) is 0 Å². The molecule has 3 N–H and O–H groups in total. The Morgan fingerprint density at radius 1 is 1.00 bits per heavy atom. The van der Waals surface area contributed by atoms with Gasteiger partial charge in [0, 0.05) is 5.56 Å². The van der Waals surface area contributed by atoms with Crippen LogP contribution in [0.25, 0.3) is 11.4 Å². The molecular formula is C25H38N4O. The van der Waals surface area contributed by atoms with Gasteiger partial charge in [0.1, 0.15) is 11.3 Å². The van der Waals surface area contributed by atoms with E-state index in [1.54, 1.807) is 0 Å². The maximum atomic E-state index is 7.78. The highest BCUT2D eigenvalue weighted by atomic mass is 16.5. The van der Waals surface area contributed by atoms with Gasteiger partial charge in [-0.05, 0) is 37.3 Å². The van der Waals surface area contributed by atoms with Gasteiger partial charge < -0.3 is 10.3 Å². The van der Waals surface area contributed by atoms with Crippen LogP contribution >= 0.6 is 0 Å². The maximum absolute atomic E-state index is 7.78. The number of benzene rings is 1. The van der Waals surface area contributed by atoms with Crippen LogP contribution in [0, 0.1) is 5.41 Å². The molecular weight excluding hydrogens is 372 g/mol. The van der Waals surface area contributed by atoms with Crippen molar-refractivity contribution in [1.29, 1.82) is 5.41 Å². The SMILES string of the molecule is CCCCCCCCCCCCCc1cccc(-c2noc(C3(C(=N)N)CC3)n2)c1. The van der Waals surface area contributed by atoms with Crippen molar-refractivity contribution >= 4 is 5.84 Å². The molecule has 0 aliphatic heterocycles. The van der Waals surface area contributed by atoms with Gasteiger partial charge in [0.15, 0.2) is 0 Å². The topological polar surface area (TPSA) is 88.8 Å². The van der Waals surface area contributed by atoms with Crippen molar-refractivity contribution in [3.8, 4) is 11.4 Å². The Kier molecular flexibility index (Phi) is 8.47. The fourth-order valence-electron chi connectivity index (χ4n) is 4.12. The number of nitrogens with one attached hydrogen (secondary N) is 1. The molecule has 1 aliphatic carbocycles. The maximum Gasteiger partial charge on any atom is 0.240 e. The fraction of sp³-hybridized carbons (Fsp3) is 0.640. The van der Waals surface area contributed by atoms with Crippen molar-refractivity contribution in [2.45, 2.75) is 102 Å². The predicted molar refractivity (Wildman–Crippen MR) is 123 cm³/mol. The Bertz CT molecular complexity index is 794. The number of hydrogen-bond donors (Lipinski definition) is 2. The third-order valence-corrected chi connectivity index (χ3v) is 6.36. The van der Waals surface area contributed by atoms with Crippen LogP contribution in [0.1, 0.15) is 102 Å². The molecule has 0 unspecified atom stereocenters. The monoisotopic (exact) mass is 410 g/mol. The summed E-state index contributed by atoms with van der Waals surface area (Å²) in [7, 11) is 0. The first-order valence-electron chi connectivity index (χ1n) is 11.9. The van der Waals surface area contributed by atoms with E-state index in [4.69, 9.17) is 15.7 Å². The van der Waals surface area contributed by atoms with E-state index in [-0.39, 0.29) is 5.84 Å². The number of amidine groups is 1. The summed E-state index contributed by atoms with van der Waals surface area (Å²) < 4.78 is 5.44. The smallest absolute Gasteiger partial charge is 0.240 e. The van der Waals surface area contributed by atoms with Crippen LogP contribution in [-0.2, 0) is 11.8 Å². The molecule has 0 spiro atoms. The minimum Gasteiger partial charge on any atom is -0.387 e. The Morgan fingerprint density at radius 2 is 1.63 bits per heavy atom. The van der Waals surface area contributed by atoms with Gasteiger partial charge in [0.25, 0.3) is 0 Å². The molecule has 5 heteroatoms. The van der Waals surface area contributed by atoms with E-state index in [1.807, 2.05) is 6.07 Å². The summed E-state index contributed by atoms with van der Waals surface area (Å²) in [5.74, 6) is 1.21. The average molecular weight is 411 g/mol. The number of aryl methyl sites for hydroxylation is 1. The van der Waals surface area contributed by atoms with E-state index in [1.165, 1.54) is 76.2 Å². The molecule has 0 radical (unpaired) electrons. The van der Waals surface area contributed by atoms with Gasteiger partial charge >= 0.3 is 0 Å². The third-order valence-electron chi connectivity index (χ3n) is 6.36. The zero-order chi connectivity index (χ0) is 21.2. The van der Waals surface area contributed by atoms with Crippen LogP contribution < -0.4 is 5.73 Å². The van der Waals surface area contributed by atoms with E-state index >= 15 is 0 Å². The molecule has 1 heterocycles. The lowest BCUT2D eigenvalue weighted by Crippen LogP contribution is -2.27. The van der Waals surface area contributed by atoms with Crippen LogP contribution in [0.2, 0.25) is 0 Å². The molecule has 0 amide bonds. The van der Waals surface area contributed by atoms with Crippen LogP contribution in [0.3, 0.4) is 0 Å². The molecule has 1 saturated carbocycles. The second kappa shape index (κ2) is 11.3. The highest BCUT2D eigenvalue weighted by Gasteiger charge is 2.52. The van der Waals surface area contributed by atoms with Crippen molar-refractivity contribution < 1.29 is 4.52 Å². The van der Waals surface area contributed by atoms with E-state index < -0.39 is 5.41 Å². The minimum atomic E-state index is -0.502. The third kappa shape index (κ3) is 6.16. The zero-order valence-corrected chi connectivity index (χ0v) is 18.6.